The molecular formula is C5H11NO2. The van der Waals surface area contributed by atoms with Crippen LogP contribution in [0.3, 0.4) is 0 Å². The van der Waals surface area contributed by atoms with Gasteiger partial charge in [-0.25, -0.2) is 0 Å². The van der Waals surface area contributed by atoms with Crippen LogP contribution >= 0.6 is 0 Å². The van der Waals surface area contributed by atoms with Crippen LogP contribution in [0.1, 0.15) is 0 Å². The second-order valence-corrected chi connectivity index (χ2v) is 1.98. The first-order chi connectivity index (χ1) is 3.84. The average Bonchev–Trinajstić information content (AvgIpc) is 2.14. The molecule has 3 heteroatoms. The van der Waals surface area contributed by atoms with Gasteiger partial charge in [0.25, 0.3) is 0 Å². The summed E-state index contributed by atoms with van der Waals surface area (Å²) in [7, 11) is 1.65. The van der Waals surface area contributed by atoms with Gasteiger partial charge >= 0.3 is 0 Å². The Balaban J connectivity index is 2.30. The molecule has 0 aromatic heterocycles. The third-order valence-corrected chi connectivity index (χ3v) is 1.37. The van der Waals surface area contributed by atoms with E-state index in [1.54, 1.807) is 7.11 Å². The van der Waals surface area contributed by atoms with Crippen LogP contribution in [0, 0.1) is 0 Å². The predicted molar refractivity (Wildman–Crippen MR) is 29.6 cm³/mol. The first-order valence-electron chi connectivity index (χ1n) is 2.70. The Morgan fingerprint density at radius 3 is 2.62 bits per heavy atom. The zero-order chi connectivity index (χ0) is 5.98. The molecule has 0 amide bonds. The minimum atomic E-state index is 0.0833. The zero-order valence-electron chi connectivity index (χ0n) is 4.96. The summed E-state index contributed by atoms with van der Waals surface area (Å²) < 4.78 is 9.98. The fraction of sp³-hybridized carbons (Fsp3) is 1.00. The maximum Gasteiger partial charge on any atom is 0.0977 e. The average molecular weight is 117 g/mol. The quantitative estimate of drug-likeness (QED) is 0.497. The number of rotatable bonds is 1. The molecule has 1 heterocycles. The van der Waals surface area contributed by atoms with Crippen molar-refractivity contribution in [3.63, 3.8) is 0 Å². The number of ether oxygens (including phenoxy) is 2. The number of nitrogens with two attached hydrogens (primary N) is 1. The van der Waals surface area contributed by atoms with Gasteiger partial charge in [-0.05, 0) is 0 Å². The highest BCUT2D eigenvalue weighted by Gasteiger charge is 2.23. The van der Waals surface area contributed by atoms with Gasteiger partial charge in [-0.1, -0.05) is 0 Å². The molecule has 48 valence electrons. The van der Waals surface area contributed by atoms with Crippen molar-refractivity contribution in [3.05, 3.63) is 0 Å². The van der Waals surface area contributed by atoms with E-state index in [1.165, 1.54) is 0 Å². The van der Waals surface area contributed by atoms with Gasteiger partial charge in [0.2, 0.25) is 0 Å². The summed E-state index contributed by atoms with van der Waals surface area (Å²) in [5.74, 6) is 0. The van der Waals surface area contributed by atoms with Gasteiger partial charge in [0.15, 0.2) is 0 Å². The lowest BCUT2D eigenvalue weighted by atomic mass is 10.2. The van der Waals surface area contributed by atoms with E-state index in [-0.39, 0.29) is 12.1 Å². The van der Waals surface area contributed by atoms with Crippen molar-refractivity contribution in [1.82, 2.24) is 0 Å². The van der Waals surface area contributed by atoms with E-state index in [4.69, 9.17) is 15.2 Å². The smallest absolute Gasteiger partial charge is 0.0977 e. The first kappa shape index (κ1) is 6.01. The normalized spacial score (nSPS) is 38.2. The Bertz CT molecular complexity index is 76.8. The molecule has 1 saturated heterocycles. The fourth-order valence-electron chi connectivity index (χ4n) is 0.794. The number of hydrogen-bond donors (Lipinski definition) is 1. The fourth-order valence-corrected chi connectivity index (χ4v) is 0.794. The molecule has 0 aromatic rings. The van der Waals surface area contributed by atoms with Gasteiger partial charge in [-0.2, -0.15) is 0 Å². The lowest BCUT2D eigenvalue weighted by Crippen LogP contribution is -2.34. The third-order valence-electron chi connectivity index (χ3n) is 1.37. The van der Waals surface area contributed by atoms with Crippen LogP contribution in [0.4, 0.5) is 0 Å². The summed E-state index contributed by atoms with van der Waals surface area (Å²) in [6.07, 6.45) is 0.120. The van der Waals surface area contributed by atoms with Gasteiger partial charge < -0.3 is 15.2 Å². The van der Waals surface area contributed by atoms with Crippen molar-refractivity contribution in [2.75, 3.05) is 20.3 Å². The van der Waals surface area contributed by atoms with Crippen LogP contribution in [0.15, 0.2) is 0 Å². The molecule has 1 fully saturated rings. The van der Waals surface area contributed by atoms with Crippen molar-refractivity contribution in [1.29, 1.82) is 0 Å². The molecule has 0 spiro atoms. The second-order valence-electron chi connectivity index (χ2n) is 1.98. The SMILES string of the molecule is CO[C@H]1COC[C@@H]1N. The van der Waals surface area contributed by atoms with E-state index >= 15 is 0 Å². The number of hydrogen-bond acceptors (Lipinski definition) is 3. The molecule has 0 aromatic carbocycles. The summed E-state index contributed by atoms with van der Waals surface area (Å²) in [6.45, 7) is 1.29. The summed E-state index contributed by atoms with van der Waals surface area (Å²) >= 11 is 0. The summed E-state index contributed by atoms with van der Waals surface area (Å²) in [5.41, 5.74) is 5.54. The highest BCUT2D eigenvalue weighted by Crippen LogP contribution is 2.04. The van der Waals surface area contributed by atoms with Crippen LogP contribution in [-0.2, 0) is 9.47 Å². The molecule has 0 bridgehead atoms. The molecule has 2 atom stereocenters. The standard InChI is InChI=1S/C5H11NO2/c1-7-5-3-8-2-4(5)6/h4-5H,2-3,6H2,1H3/t4-,5-/m0/s1. The topological polar surface area (TPSA) is 44.5 Å². The van der Waals surface area contributed by atoms with E-state index in [2.05, 4.69) is 0 Å². The Morgan fingerprint density at radius 1 is 1.62 bits per heavy atom. The van der Waals surface area contributed by atoms with E-state index in [0.29, 0.717) is 13.2 Å². The molecule has 1 rings (SSSR count). The van der Waals surface area contributed by atoms with Crippen molar-refractivity contribution in [2.45, 2.75) is 12.1 Å². The van der Waals surface area contributed by atoms with Crippen LogP contribution in [-0.4, -0.2) is 32.5 Å². The first-order valence-corrected chi connectivity index (χ1v) is 2.70. The van der Waals surface area contributed by atoms with Crippen molar-refractivity contribution in [3.8, 4) is 0 Å². The molecule has 0 aliphatic carbocycles. The second kappa shape index (κ2) is 2.44. The van der Waals surface area contributed by atoms with Crippen LogP contribution in [0.2, 0.25) is 0 Å². The van der Waals surface area contributed by atoms with E-state index in [9.17, 15) is 0 Å². The molecule has 0 unspecified atom stereocenters. The maximum atomic E-state index is 5.54. The predicted octanol–water partition coefficient (Wildman–Crippen LogP) is -0.641. The Morgan fingerprint density at radius 2 is 2.38 bits per heavy atom. The van der Waals surface area contributed by atoms with E-state index in [1.807, 2.05) is 0 Å². The molecule has 2 N–H and O–H groups in total. The highest BCUT2D eigenvalue weighted by molar-refractivity contribution is 4.77. The summed E-state index contributed by atoms with van der Waals surface area (Å²) in [4.78, 5) is 0. The molecular weight excluding hydrogens is 106 g/mol. The third kappa shape index (κ3) is 0.992. The van der Waals surface area contributed by atoms with Crippen molar-refractivity contribution >= 4 is 0 Å². The molecule has 0 radical (unpaired) electrons. The van der Waals surface area contributed by atoms with E-state index in [0.717, 1.165) is 0 Å². The van der Waals surface area contributed by atoms with Gasteiger partial charge in [0.05, 0.1) is 25.4 Å². The van der Waals surface area contributed by atoms with Crippen LogP contribution in [0.25, 0.3) is 0 Å². The van der Waals surface area contributed by atoms with Crippen molar-refractivity contribution in [2.24, 2.45) is 5.73 Å². The zero-order valence-corrected chi connectivity index (χ0v) is 4.96. The van der Waals surface area contributed by atoms with Gasteiger partial charge in [-0.3, -0.25) is 0 Å². The van der Waals surface area contributed by atoms with Gasteiger partial charge in [0.1, 0.15) is 0 Å². The van der Waals surface area contributed by atoms with Gasteiger partial charge in [0, 0.05) is 7.11 Å². The van der Waals surface area contributed by atoms with Crippen LogP contribution in [0.5, 0.6) is 0 Å². The van der Waals surface area contributed by atoms with Gasteiger partial charge in [-0.15, -0.1) is 0 Å². The maximum absolute atomic E-state index is 5.54. The largest absolute Gasteiger partial charge is 0.377 e. The monoisotopic (exact) mass is 117 g/mol. The Kier molecular flexibility index (Phi) is 1.83. The molecule has 3 nitrogen and oxygen atoms in total. The lowest BCUT2D eigenvalue weighted by Gasteiger charge is -2.08. The Labute approximate surface area is 48.8 Å². The summed E-state index contributed by atoms with van der Waals surface area (Å²) in [6, 6.07) is 0.0833. The molecule has 1 aliphatic heterocycles. The highest BCUT2D eigenvalue weighted by atomic mass is 16.5. The number of methoxy groups -OCH3 is 1. The molecule has 8 heavy (non-hydrogen) atoms. The van der Waals surface area contributed by atoms with Crippen molar-refractivity contribution < 1.29 is 9.47 Å². The van der Waals surface area contributed by atoms with Crippen LogP contribution < -0.4 is 5.73 Å². The van der Waals surface area contributed by atoms with E-state index < -0.39 is 0 Å². The lowest BCUT2D eigenvalue weighted by molar-refractivity contribution is 0.0777. The molecule has 0 saturated carbocycles. The minimum absolute atomic E-state index is 0.0833. The molecule has 1 aliphatic rings. The Hall–Kier alpha value is -0.120. The summed E-state index contributed by atoms with van der Waals surface area (Å²) in [5, 5.41) is 0. The minimum Gasteiger partial charge on any atom is -0.377 e.